The van der Waals surface area contributed by atoms with Crippen LogP contribution in [-0.4, -0.2) is 29.1 Å². The van der Waals surface area contributed by atoms with Crippen molar-refractivity contribution >= 4 is 27.7 Å². The molecule has 1 aromatic carbocycles. The third kappa shape index (κ3) is 3.08. The molecule has 6 heteroatoms. The monoisotopic (exact) mass is 316 g/mol. The van der Waals surface area contributed by atoms with E-state index >= 15 is 0 Å². The van der Waals surface area contributed by atoms with Crippen molar-refractivity contribution in [3.63, 3.8) is 0 Å². The highest BCUT2D eigenvalue weighted by Gasteiger charge is 2.22. The molecule has 98 valence electrons. The highest BCUT2D eigenvalue weighted by Crippen LogP contribution is 2.32. The molecule has 0 heterocycles. The van der Waals surface area contributed by atoms with Crippen molar-refractivity contribution in [2.45, 2.75) is 17.9 Å². The van der Waals surface area contributed by atoms with E-state index in [0.717, 1.165) is 0 Å². The van der Waals surface area contributed by atoms with Crippen LogP contribution in [0, 0.1) is 0 Å². The summed E-state index contributed by atoms with van der Waals surface area (Å²) in [4.78, 5) is 21.5. The van der Waals surface area contributed by atoms with Gasteiger partial charge in [0, 0.05) is 5.56 Å². The second-order valence-corrected chi connectivity index (χ2v) is 4.63. The first kappa shape index (κ1) is 14.7. The molecule has 0 fully saturated rings. The number of aliphatic hydroxyl groups excluding tert-OH is 1. The van der Waals surface area contributed by atoms with Crippen LogP contribution in [-0.2, 0) is 9.59 Å². The van der Waals surface area contributed by atoms with Crippen molar-refractivity contribution in [1.29, 1.82) is 0 Å². The highest BCUT2D eigenvalue weighted by atomic mass is 79.9. The molecule has 2 atom stereocenters. The predicted molar refractivity (Wildman–Crippen MR) is 67.9 cm³/mol. The van der Waals surface area contributed by atoms with Crippen molar-refractivity contribution < 1.29 is 24.5 Å². The Kier molecular flexibility index (Phi) is 4.86. The van der Waals surface area contributed by atoms with Gasteiger partial charge < -0.3 is 14.9 Å². The van der Waals surface area contributed by atoms with Gasteiger partial charge in [0.25, 0.3) is 0 Å². The number of halogens is 1. The standard InChI is InChI=1S/C12H13BrO5/c1-6(14)10(13)7-3-4-8(9(5-7)18-2)11(15)12(16)17/h3-5,10-11,15H,1-2H3,(H,16,17). The van der Waals surface area contributed by atoms with Gasteiger partial charge in [-0.05, 0) is 18.6 Å². The van der Waals surface area contributed by atoms with E-state index < -0.39 is 16.9 Å². The van der Waals surface area contributed by atoms with Crippen molar-refractivity contribution in [3.05, 3.63) is 29.3 Å². The quantitative estimate of drug-likeness (QED) is 0.810. The van der Waals surface area contributed by atoms with Crippen molar-refractivity contribution in [3.8, 4) is 5.75 Å². The van der Waals surface area contributed by atoms with E-state index in [9.17, 15) is 14.7 Å². The van der Waals surface area contributed by atoms with Gasteiger partial charge in [-0.25, -0.2) is 4.79 Å². The third-order valence-electron chi connectivity index (χ3n) is 2.44. The molecule has 18 heavy (non-hydrogen) atoms. The maximum Gasteiger partial charge on any atom is 0.337 e. The van der Waals surface area contributed by atoms with Crippen molar-refractivity contribution in [2.24, 2.45) is 0 Å². The zero-order valence-corrected chi connectivity index (χ0v) is 11.5. The van der Waals surface area contributed by atoms with Crippen LogP contribution in [0.4, 0.5) is 0 Å². The molecule has 2 N–H and O–H groups in total. The molecule has 0 spiro atoms. The zero-order chi connectivity index (χ0) is 13.9. The van der Waals surface area contributed by atoms with Crippen LogP contribution in [0.3, 0.4) is 0 Å². The van der Waals surface area contributed by atoms with E-state index in [-0.39, 0.29) is 17.1 Å². The number of hydrogen-bond acceptors (Lipinski definition) is 4. The number of rotatable bonds is 5. The lowest BCUT2D eigenvalue weighted by Gasteiger charge is -2.14. The van der Waals surface area contributed by atoms with Gasteiger partial charge in [0.2, 0.25) is 0 Å². The third-order valence-corrected chi connectivity index (χ3v) is 3.61. The SMILES string of the molecule is COc1cc(C(Br)C(C)=O)ccc1C(O)C(=O)O. The van der Waals surface area contributed by atoms with E-state index in [1.54, 1.807) is 6.07 Å². The van der Waals surface area contributed by atoms with E-state index in [4.69, 9.17) is 9.84 Å². The summed E-state index contributed by atoms with van der Waals surface area (Å²) in [7, 11) is 1.37. The summed E-state index contributed by atoms with van der Waals surface area (Å²) in [5.74, 6) is -1.21. The van der Waals surface area contributed by atoms with Crippen molar-refractivity contribution in [2.75, 3.05) is 7.11 Å². The summed E-state index contributed by atoms with van der Waals surface area (Å²) < 4.78 is 5.03. The fraction of sp³-hybridized carbons (Fsp3) is 0.333. The molecule has 0 aliphatic heterocycles. The molecule has 1 rings (SSSR count). The topological polar surface area (TPSA) is 83.8 Å². The molecular formula is C12H13BrO5. The van der Waals surface area contributed by atoms with Gasteiger partial charge in [-0.3, -0.25) is 4.79 Å². The smallest absolute Gasteiger partial charge is 0.337 e. The Morgan fingerprint density at radius 3 is 2.44 bits per heavy atom. The maximum atomic E-state index is 11.2. The van der Waals surface area contributed by atoms with E-state index in [1.807, 2.05) is 0 Å². The number of benzene rings is 1. The molecule has 2 unspecified atom stereocenters. The Morgan fingerprint density at radius 2 is 2.00 bits per heavy atom. The first-order chi connectivity index (χ1) is 8.38. The molecule has 0 saturated heterocycles. The maximum absolute atomic E-state index is 11.2. The first-order valence-corrected chi connectivity index (χ1v) is 6.03. The number of methoxy groups -OCH3 is 1. The molecule has 0 radical (unpaired) electrons. The second-order valence-electron chi connectivity index (χ2n) is 3.72. The number of carboxylic acid groups (broad SMARTS) is 1. The van der Waals surface area contributed by atoms with Gasteiger partial charge in [0.15, 0.2) is 6.10 Å². The Hall–Kier alpha value is -1.40. The number of ether oxygens (including phenoxy) is 1. The summed E-state index contributed by atoms with van der Waals surface area (Å²) in [6.45, 7) is 1.44. The number of aliphatic carboxylic acids is 1. The second kappa shape index (κ2) is 5.97. The van der Waals surface area contributed by atoms with Crippen molar-refractivity contribution in [1.82, 2.24) is 0 Å². The summed E-state index contributed by atoms with van der Waals surface area (Å²) in [6, 6.07) is 4.54. The molecule has 1 aromatic rings. The molecule has 0 saturated carbocycles. The van der Waals surface area contributed by atoms with Crippen LogP contribution in [0.5, 0.6) is 5.75 Å². The minimum Gasteiger partial charge on any atom is -0.496 e. The predicted octanol–water partition coefficient (Wildman–Crippen LogP) is 1.84. The van der Waals surface area contributed by atoms with E-state index in [1.165, 1.54) is 26.2 Å². The summed E-state index contributed by atoms with van der Waals surface area (Å²) in [5.41, 5.74) is 0.790. The summed E-state index contributed by atoms with van der Waals surface area (Å²) in [5, 5.41) is 18.2. The van der Waals surface area contributed by atoms with Gasteiger partial charge in [-0.15, -0.1) is 0 Å². The van der Waals surface area contributed by atoms with Gasteiger partial charge in [0.1, 0.15) is 11.5 Å². The van der Waals surface area contributed by atoms with Crippen LogP contribution in [0.25, 0.3) is 0 Å². The largest absolute Gasteiger partial charge is 0.496 e. The number of aliphatic hydroxyl groups is 1. The Morgan fingerprint density at radius 1 is 1.39 bits per heavy atom. The number of carboxylic acids is 1. The van der Waals surface area contributed by atoms with Crippen LogP contribution in [0.1, 0.15) is 29.0 Å². The fourth-order valence-electron chi connectivity index (χ4n) is 1.48. The first-order valence-electron chi connectivity index (χ1n) is 5.11. The van der Waals surface area contributed by atoms with E-state index in [0.29, 0.717) is 5.56 Å². The lowest BCUT2D eigenvalue weighted by molar-refractivity contribution is -0.147. The normalized spacial score (nSPS) is 13.8. The minimum absolute atomic E-state index is 0.0800. The number of hydrogen-bond donors (Lipinski definition) is 2. The Bertz CT molecular complexity index is 472. The number of alkyl halides is 1. The summed E-state index contributed by atoms with van der Waals surface area (Å²) in [6.07, 6.45) is -1.65. The minimum atomic E-state index is -1.65. The fourth-order valence-corrected chi connectivity index (χ4v) is 1.76. The number of carbonyl (C=O) groups is 2. The average molecular weight is 317 g/mol. The Balaban J connectivity index is 3.19. The van der Waals surface area contributed by atoms with Crippen LogP contribution < -0.4 is 4.74 Å². The molecular weight excluding hydrogens is 304 g/mol. The molecule has 5 nitrogen and oxygen atoms in total. The van der Waals surface area contributed by atoms with E-state index in [2.05, 4.69) is 15.9 Å². The Labute approximate surface area is 113 Å². The number of carbonyl (C=O) groups excluding carboxylic acids is 1. The zero-order valence-electron chi connectivity index (χ0n) is 9.88. The lowest BCUT2D eigenvalue weighted by atomic mass is 10.0. The van der Waals surface area contributed by atoms with Crippen LogP contribution in [0.2, 0.25) is 0 Å². The average Bonchev–Trinajstić information content (AvgIpc) is 2.35. The molecule has 0 aliphatic carbocycles. The number of ketones is 1. The van der Waals surface area contributed by atoms with Gasteiger partial charge >= 0.3 is 5.97 Å². The molecule has 0 aliphatic rings. The number of Topliss-reactive ketones (excluding diaryl/α,β-unsaturated/α-hetero) is 1. The lowest BCUT2D eigenvalue weighted by Crippen LogP contribution is -2.12. The van der Waals surface area contributed by atoms with Crippen LogP contribution in [0.15, 0.2) is 18.2 Å². The van der Waals surface area contributed by atoms with Gasteiger partial charge in [0.05, 0.1) is 11.9 Å². The highest BCUT2D eigenvalue weighted by molar-refractivity contribution is 9.09. The summed E-state index contributed by atoms with van der Waals surface area (Å²) >= 11 is 3.22. The molecule has 0 amide bonds. The van der Waals surface area contributed by atoms with Crippen LogP contribution >= 0.6 is 15.9 Å². The molecule has 0 aromatic heterocycles. The molecule has 0 bridgehead atoms. The van der Waals surface area contributed by atoms with Gasteiger partial charge in [-0.2, -0.15) is 0 Å². The van der Waals surface area contributed by atoms with Gasteiger partial charge in [-0.1, -0.05) is 28.1 Å².